The van der Waals surface area contributed by atoms with Crippen LogP contribution in [0.25, 0.3) is 22.0 Å². The predicted molar refractivity (Wildman–Crippen MR) is 127 cm³/mol. The molecule has 6 heteroatoms. The van der Waals surface area contributed by atoms with Crippen molar-refractivity contribution in [1.29, 1.82) is 0 Å². The smallest absolute Gasteiger partial charge is 0.209 e. The average Bonchev–Trinajstić information content (AvgIpc) is 3.24. The van der Waals surface area contributed by atoms with E-state index in [0.717, 1.165) is 39.6 Å². The van der Waals surface area contributed by atoms with Crippen molar-refractivity contribution in [2.24, 2.45) is 5.14 Å². The van der Waals surface area contributed by atoms with Crippen molar-refractivity contribution in [3.8, 4) is 0 Å². The number of hydrogen-bond donors (Lipinski definition) is 2. The maximum Gasteiger partial charge on any atom is 0.209 e. The number of sulfonamides is 1. The van der Waals surface area contributed by atoms with Crippen LogP contribution in [-0.4, -0.2) is 24.4 Å². The number of rotatable bonds is 7. The van der Waals surface area contributed by atoms with Crippen molar-refractivity contribution in [3.63, 3.8) is 0 Å². The second-order valence-electron chi connectivity index (χ2n) is 7.56. The maximum atomic E-state index is 11.3. The van der Waals surface area contributed by atoms with Crippen LogP contribution in [0.3, 0.4) is 0 Å². The van der Waals surface area contributed by atoms with Gasteiger partial charge in [0.2, 0.25) is 10.0 Å². The van der Waals surface area contributed by atoms with E-state index in [9.17, 15) is 8.42 Å². The van der Waals surface area contributed by atoms with Crippen LogP contribution in [0.4, 0.5) is 0 Å². The van der Waals surface area contributed by atoms with E-state index in [0.29, 0.717) is 6.42 Å². The number of benzene rings is 3. The Morgan fingerprint density at radius 3 is 2.32 bits per heavy atom. The molecule has 5 nitrogen and oxygen atoms in total. The zero-order valence-electron chi connectivity index (χ0n) is 17.4. The summed E-state index contributed by atoms with van der Waals surface area (Å²) < 4.78 is 22.6. The third-order valence-electron chi connectivity index (χ3n) is 5.42. The van der Waals surface area contributed by atoms with Gasteiger partial charge in [0.1, 0.15) is 0 Å². The summed E-state index contributed by atoms with van der Waals surface area (Å²) in [6, 6.07) is 24.8. The van der Waals surface area contributed by atoms with Gasteiger partial charge in [-0.15, -0.1) is 0 Å². The van der Waals surface area contributed by atoms with Gasteiger partial charge in [-0.1, -0.05) is 67.6 Å². The number of nitrogens with one attached hydrogen (secondary N) is 1. The van der Waals surface area contributed by atoms with Gasteiger partial charge in [-0.25, -0.2) is 13.6 Å². The molecule has 0 bridgehead atoms. The monoisotopic (exact) mass is 431 g/mol. The molecule has 0 saturated heterocycles. The molecule has 1 heterocycles. The van der Waals surface area contributed by atoms with Crippen LogP contribution < -0.4 is 5.14 Å². The molecular formula is C25H25N3O2S. The summed E-state index contributed by atoms with van der Waals surface area (Å²) >= 11 is 0. The lowest BCUT2D eigenvalue weighted by atomic mass is 9.87. The highest BCUT2D eigenvalue weighted by Gasteiger charge is 2.14. The first-order valence-electron chi connectivity index (χ1n) is 10.3. The molecule has 1 aromatic heterocycles. The molecule has 0 atom stereocenters. The van der Waals surface area contributed by atoms with E-state index in [-0.39, 0.29) is 5.75 Å². The molecule has 0 saturated carbocycles. The van der Waals surface area contributed by atoms with Crippen molar-refractivity contribution in [1.82, 2.24) is 10.2 Å². The zero-order chi connectivity index (χ0) is 21.8. The second kappa shape index (κ2) is 8.88. The summed E-state index contributed by atoms with van der Waals surface area (Å²) in [5.74, 6) is -0.0591. The Balaban J connectivity index is 1.83. The number of aryl methyl sites for hydroxylation is 1. The minimum atomic E-state index is -3.48. The largest absolute Gasteiger partial charge is 0.278 e. The number of nitrogens with zero attached hydrogens (tertiary/aromatic N) is 1. The summed E-state index contributed by atoms with van der Waals surface area (Å²) in [5, 5.41) is 13.4. The van der Waals surface area contributed by atoms with Crippen molar-refractivity contribution < 1.29 is 8.42 Å². The minimum absolute atomic E-state index is 0.0591. The summed E-state index contributed by atoms with van der Waals surface area (Å²) in [5.41, 5.74) is 7.75. The van der Waals surface area contributed by atoms with Gasteiger partial charge >= 0.3 is 0 Å². The van der Waals surface area contributed by atoms with Crippen molar-refractivity contribution in [2.45, 2.75) is 19.8 Å². The maximum absolute atomic E-state index is 11.3. The van der Waals surface area contributed by atoms with Crippen LogP contribution in [0.15, 0.2) is 79.0 Å². The summed E-state index contributed by atoms with van der Waals surface area (Å²) in [4.78, 5) is 0. The summed E-state index contributed by atoms with van der Waals surface area (Å²) in [6.07, 6.45) is 3.11. The van der Waals surface area contributed by atoms with Crippen LogP contribution in [0.5, 0.6) is 0 Å². The van der Waals surface area contributed by atoms with Crippen molar-refractivity contribution in [3.05, 3.63) is 101 Å². The van der Waals surface area contributed by atoms with E-state index < -0.39 is 10.0 Å². The molecule has 31 heavy (non-hydrogen) atoms. The quantitative estimate of drug-likeness (QED) is 0.413. The van der Waals surface area contributed by atoms with Gasteiger partial charge in [-0.3, -0.25) is 5.10 Å². The zero-order valence-corrected chi connectivity index (χ0v) is 18.2. The number of allylic oxidation sites excluding steroid dienone is 1. The molecule has 0 aliphatic rings. The van der Waals surface area contributed by atoms with Gasteiger partial charge in [-0.05, 0) is 58.4 Å². The van der Waals surface area contributed by atoms with Crippen LogP contribution >= 0.6 is 0 Å². The summed E-state index contributed by atoms with van der Waals surface area (Å²) in [7, 11) is -3.48. The number of nitrogens with two attached hydrogens (primary N) is 1. The highest BCUT2D eigenvalue weighted by Crippen LogP contribution is 2.35. The Kier molecular flexibility index (Phi) is 6.02. The molecule has 3 aromatic carbocycles. The van der Waals surface area contributed by atoms with E-state index in [1.165, 1.54) is 11.1 Å². The molecule has 0 amide bonds. The lowest BCUT2D eigenvalue weighted by Gasteiger charge is -2.17. The standard InChI is InChI=1S/C25H25N3O2S/c1-2-23(19-6-4-3-5-7-19)25(21-12-13-24-22(16-21)17-27-28-24)20-10-8-18(9-11-20)14-15-31(26,29)30/h3-13,16-17H,2,14-15H2,1H3,(H,27,28)(H2,26,29,30)/b25-23-. The van der Waals surface area contributed by atoms with Gasteiger partial charge in [0.25, 0.3) is 0 Å². The molecule has 4 rings (SSSR count). The molecule has 0 aliphatic heterocycles. The average molecular weight is 432 g/mol. The Hall–Kier alpha value is -3.22. The summed E-state index contributed by atoms with van der Waals surface area (Å²) in [6.45, 7) is 2.17. The Morgan fingerprint density at radius 1 is 0.935 bits per heavy atom. The topological polar surface area (TPSA) is 88.8 Å². The molecular weight excluding hydrogens is 406 g/mol. The highest BCUT2D eigenvalue weighted by molar-refractivity contribution is 7.89. The van der Waals surface area contributed by atoms with Crippen LogP contribution in [0.1, 0.15) is 35.6 Å². The SMILES string of the molecule is CC/C(=C(\c1ccc(CCS(N)(=O)=O)cc1)c1ccc2[nH]ncc2c1)c1ccccc1. The van der Waals surface area contributed by atoms with Gasteiger partial charge in [0.15, 0.2) is 0 Å². The molecule has 0 unspecified atom stereocenters. The van der Waals surface area contributed by atoms with E-state index in [1.54, 1.807) is 0 Å². The van der Waals surface area contributed by atoms with Crippen molar-refractivity contribution >= 4 is 32.1 Å². The Morgan fingerprint density at radius 2 is 1.65 bits per heavy atom. The van der Waals surface area contributed by atoms with Crippen LogP contribution in [0.2, 0.25) is 0 Å². The number of aromatic nitrogens is 2. The molecule has 0 fully saturated rings. The fourth-order valence-corrected chi connectivity index (χ4v) is 4.40. The fraction of sp³-hybridized carbons (Fsp3) is 0.160. The van der Waals surface area contributed by atoms with E-state index in [2.05, 4.69) is 71.7 Å². The molecule has 0 radical (unpaired) electrons. The Labute approximate surface area is 182 Å². The lowest BCUT2D eigenvalue weighted by molar-refractivity contribution is 0.597. The number of H-pyrrole nitrogens is 1. The molecule has 3 N–H and O–H groups in total. The first-order chi connectivity index (χ1) is 14.9. The predicted octanol–water partition coefficient (Wildman–Crippen LogP) is 4.76. The number of hydrogen-bond acceptors (Lipinski definition) is 3. The van der Waals surface area contributed by atoms with Crippen LogP contribution in [-0.2, 0) is 16.4 Å². The highest BCUT2D eigenvalue weighted by atomic mass is 32.2. The lowest BCUT2D eigenvalue weighted by Crippen LogP contribution is -2.17. The fourth-order valence-electron chi connectivity index (χ4n) is 3.88. The number of aromatic amines is 1. The molecule has 4 aromatic rings. The van der Waals surface area contributed by atoms with Crippen molar-refractivity contribution in [2.75, 3.05) is 5.75 Å². The second-order valence-corrected chi connectivity index (χ2v) is 9.29. The molecule has 0 aliphatic carbocycles. The third kappa shape index (κ3) is 4.93. The number of fused-ring (bicyclic) bond motifs is 1. The Bertz CT molecular complexity index is 1320. The van der Waals surface area contributed by atoms with Gasteiger partial charge in [-0.2, -0.15) is 5.10 Å². The van der Waals surface area contributed by atoms with Gasteiger partial charge < -0.3 is 0 Å². The third-order valence-corrected chi connectivity index (χ3v) is 6.20. The first kappa shape index (κ1) is 21.0. The van der Waals surface area contributed by atoms with E-state index in [1.807, 2.05) is 24.4 Å². The number of primary sulfonamides is 1. The molecule has 0 spiro atoms. The first-order valence-corrected chi connectivity index (χ1v) is 12.0. The molecule has 158 valence electrons. The normalized spacial score (nSPS) is 12.7. The van der Waals surface area contributed by atoms with Crippen LogP contribution in [0, 0.1) is 0 Å². The van der Waals surface area contributed by atoms with Gasteiger partial charge in [0.05, 0.1) is 17.5 Å². The van der Waals surface area contributed by atoms with Gasteiger partial charge in [0, 0.05) is 5.39 Å². The van der Waals surface area contributed by atoms with E-state index in [4.69, 9.17) is 5.14 Å². The minimum Gasteiger partial charge on any atom is -0.278 e. The van der Waals surface area contributed by atoms with E-state index >= 15 is 0 Å².